The van der Waals surface area contributed by atoms with Crippen LogP contribution in [0.3, 0.4) is 0 Å². The molecule has 7 nitrogen and oxygen atoms in total. The van der Waals surface area contributed by atoms with Crippen LogP contribution in [-0.4, -0.2) is 64.9 Å². The van der Waals surface area contributed by atoms with E-state index < -0.39 is 0 Å². The third kappa shape index (κ3) is 4.24. The lowest BCUT2D eigenvalue weighted by Crippen LogP contribution is -2.38. The van der Waals surface area contributed by atoms with Crippen LogP contribution in [0.5, 0.6) is 0 Å². The summed E-state index contributed by atoms with van der Waals surface area (Å²) in [4.78, 5) is 24.2. The van der Waals surface area contributed by atoms with Crippen molar-refractivity contribution in [3.63, 3.8) is 0 Å². The number of benzene rings is 2. The van der Waals surface area contributed by atoms with Gasteiger partial charge in [-0.2, -0.15) is 0 Å². The van der Waals surface area contributed by atoms with E-state index in [0.717, 1.165) is 65.9 Å². The molecule has 1 aliphatic heterocycles. The fourth-order valence-electron chi connectivity index (χ4n) is 4.18. The molecule has 0 aliphatic carbocycles. The highest BCUT2D eigenvalue weighted by Crippen LogP contribution is 2.28. The zero-order valence-electron chi connectivity index (χ0n) is 17.5. The molecule has 2 aromatic heterocycles. The van der Waals surface area contributed by atoms with Gasteiger partial charge in [0.2, 0.25) is 0 Å². The Morgan fingerprint density at radius 3 is 2.55 bits per heavy atom. The first kappa shape index (κ1) is 19.9. The van der Waals surface area contributed by atoms with Gasteiger partial charge >= 0.3 is 5.97 Å². The van der Waals surface area contributed by atoms with Gasteiger partial charge in [0, 0.05) is 38.0 Å². The number of morpholine rings is 1. The molecule has 4 aromatic rings. The summed E-state index contributed by atoms with van der Waals surface area (Å²) in [5.41, 5.74) is 4.62. The highest BCUT2D eigenvalue weighted by atomic mass is 16.5. The smallest absolute Gasteiger partial charge is 0.305 e. The summed E-state index contributed by atoms with van der Waals surface area (Å²) < 4.78 is 12.9. The first-order valence-electron chi connectivity index (χ1n) is 10.9. The minimum Gasteiger partial charge on any atom is -0.464 e. The van der Waals surface area contributed by atoms with Crippen LogP contribution in [0.15, 0.2) is 48.5 Å². The lowest BCUT2D eigenvalue weighted by Gasteiger charge is -2.26. The molecule has 31 heavy (non-hydrogen) atoms. The summed E-state index contributed by atoms with van der Waals surface area (Å²) in [7, 11) is 0. The molecule has 0 N–H and O–H groups in total. The van der Waals surface area contributed by atoms with Gasteiger partial charge < -0.3 is 14.0 Å². The molecular weight excluding hydrogens is 392 g/mol. The number of esters is 1. The van der Waals surface area contributed by atoms with Gasteiger partial charge in [0.05, 0.1) is 29.8 Å². The first-order valence-corrected chi connectivity index (χ1v) is 10.9. The molecule has 5 rings (SSSR count). The van der Waals surface area contributed by atoms with E-state index in [0.29, 0.717) is 26.0 Å². The van der Waals surface area contributed by atoms with Gasteiger partial charge in [0.15, 0.2) is 5.65 Å². The summed E-state index contributed by atoms with van der Waals surface area (Å²) in [6, 6.07) is 16.1. The van der Waals surface area contributed by atoms with Crippen LogP contribution in [0.2, 0.25) is 0 Å². The Balaban J connectivity index is 1.27. The van der Waals surface area contributed by atoms with E-state index in [1.165, 1.54) is 0 Å². The molecule has 0 atom stereocenters. The number of hydrogen-bond acceptors (Lipinski definition) is 6. The fourth-order valence-corrected chi connectivity index (χ4v) is 4.18. The molecule has 160 valence electrons. The van der Waals surface area contributed by atoms with E-state index >= 15 is 0 Å². The highest BCUT2D eigenvalue weighted by Gasteiger charge is 2.15. The minimum atomic E-state index is -0.148. The summed E-state index contributed by atoms with van der Waals surface area (Å²) in [6.45, 7) is 5.21. The third-order valence-electron chi connectivity index (χ3n) is 5.79. The number of nitrogens with zero attached hydrogens (tertiary/aromatic N) is 4. The number of aromatic nitrogens is 3. The normalized spacial score (nSPS) is 15.1. The number of fused-ring (bicyclic) bond motifs is 4. The number of carbonyl (C=O) groups is 1. The third-order valence-corrected chi connectivity index (χ3v) is 5.79. The lowest BCUT2D eigenvalue weighted by molar-refractivity contribution is -0.144. The molecule has 0 amide bonds. The second kappa shape index (κ2) is 8.99. The van der Waals surface area contributed by atoms with Crippen molar-refractivity contribution in [1.82, 2.24) is 19.4 Å². The van der Waals surface area contributed by atoms with Crippen molar-refractivity contribution in [2.45, 2.75) is 19.4 Å². The van der Waals surface area contributed by atoms with Crippen LogP contribution in [0.4, 0.5) is 0 Å². The average molecular weight is 418 g/mol. The number of para-hydroxylation sites is 3. The number of aryl methyl sites for hydroxylation is 1. The Bertz CT molecular complexity index is 1210. The zero-order chi connectivity index (χ0) is 21.0. The van der Waals surface area contributed by atoms with Crippen molar-refractivity contribution in [3.8, 4) is 0 Å². The van der Waals surface area contributed by atoms with Crippen molar-refractivity contribution in [1.29, 1.82) is 0 Å². The molecule has 0 bridgehead atoms. The van der Waals surface area contributed by atoms with Gasteiger partial charge in [-0.05, 0) is 24.6 Å². The van der Waals surface area contributed by atoms with Crippen LogP contribution in [0.1, 0.15) is 12.8 Å². The first-order chi connectivity index (χ1) is 15.3. The summed E-state index contributed by atoms with van der Waals surface area (Å²) >= 11 is 0. The van der Waals surface area contributed by atoms with Crippen LogP contribution in [0.25, 0.3) is 33.1 Å². The van der Waals surface area contributed by atoms with Gasteiger partial charge in [0.25, 0.3) is 0 Å². The van der Waals surface area contributed by atoms with Gasteiger partial charge in [-0.1, -0.05) is 30.3 Å². The van der Waals surface area contributed by atoms with E-state index in [9.17, 15) is 4.79 Å². The summed E-state index contributed by atoms with van der Waals surface area (Å²) in [5, 5.41) is 1.09. The topological polar surface area (TPSA) is 69.5 Å². The maximum Gasteiger partial charge on any atom is 0.305 e. The van der Waals surface area contributed by atoms with Gasteiger partial charge in [-0.3, -0.25) is 9.69 Å². The van der Waals surface area contributed by atoms with Crippen molar-refractivity contribution in [3.05, 3.63) is 48.5 Å². The lowest BCUT2D eigenvalue weighted by atomic mass is 10.2. The SMILES string of the molecule is O=C(CCCn1c2ccccc2c2nc3ccccc3nc21)OCCN1CCOCC1. The molecule has 0 spiro atoms. The molecule has 1 aliphatic rings. The minimum absolute atomic E-state index is 0.148. The average Bonchev–Trinajstić information content (AvgIpc) is 3.11. The van der Waals surface area contributed by atoms with E-state index in [1.54, 1.807) is 0 Å². The van der Waals surface area contributed by atoms with Crippen LogP contribution >= 0.6 is 0 Å². The largest absolute Gasteiger partial charge is 0.464 e. The number of carbonyl (C=O) groups excluding carboxylic acids is 1. The van der Waals surface area contributed by atoms with Crippen molar-refractivity contribution in [2.24, 2.45) is 0 Å². The molecular formula is C24H26N4O3. The predicted octanol–water partition coefficient (Wildman–Crippen LogP) is 3.39. The zero-order valence-corrected chi connectivity index (χ0v) is 17.5. The quantitative estimate of drug-likeness (QED) is 0.429. The number of hydrogen-bond donors (Lipinski definition) is 0. The van der Waals surface area contributed by atoms with Crippen molar-refractivity contribution in [2.75, 3.05) is 39.5 Å². The Labute approximate surface area is 180 Å². The molecule has 0 saturated carbocycles. The van der Waals surface area contributed by atoms with E-state index in [1.807, 2.05) is 36.4 Å². The fraction of sp³-hybridized carbons (Fsp3) is 0.375. The van der Waals surface area contributed by atoms with E-state index in [2.05, 4.69) is 21.6 Å². The number of rotatable bonds is 7. The molecule has 0 radical (unpaired) electrons. The van der Waals surface area contributed by atoms with Crippen molar-refractivity contribution >= 4 is 39.1 Å². The Morgan fingerprint density at radius 1 is 0.968 bits per heavy atom. The second-order valence-corrected chi connectivity index (χ2v) is 7.83. The molecule has 0 unspecified atom stereocenters. The molecule has 7 heteroatoms. The van der Waals surface area contributed by atoms with Gasteiger partial charge in [0.1, 0.15) is 12.1 Å². The van der Waals surface area contributed by atoms with Crippen molar-refractivity contribution < 1.29 is 14.3 Å². The van der Waals surface area contributed by atoms with Crippen LogP contribution < -0.4 is 0 Å². The monoisotopic (exact) mass is 418 g/mol. The van der Waals surface area contributed by atoms with E-state index in [-0.39, 0.29) is 5.97 Å². The standard InChI is InChI=1S/C24H26N4O3/c29-22(31-17-14-27-12-15-30-16-13-27)10-5-11-28-21-9-4-1-6-18(21)23-24(28)26-20-8-3-2-7-19(20)25-23/h1-4,6-9H,5,10-17H2. The highest BCUT2D eigenvalue weighted by molar-refractivity contribution is 6.06. The molecule has 3 heterocycles. The van der Waals surface area contributed by atoms with Crippen LogP contribution in [-0.2, 0) is 20.8 Å². The van der Waals surface area contributed by atoms with Crippen LogP contribution in [0, 0.1) is 0 Å². The van der Waals surface area contributed by atoms with Gasteiger partial charge in [-0.25, -0.2) is 9.97 Å². The maximum atomic E-state index is 12.2. The van der Waals surface area contributed by atoms with Gasteiger partial charge in [-0.15, -0.1) is 0 Å². The predicted molar refractivity (Wildman–Crippen MR) is 120 cm³/mol. The Kier molecular flexibility index (Phi) is 5.78. The summed E-state index contributed by atoms with van der Waals surface area (Å²) in [6.07, 6.45) is 1.08. The van der Waals surface area contributed by atoms with E-state index in [4.69, 9.17) is 19.4 Å². The maximum absolute atomic E-state index is 12.2. The second-order valence-electron chi connectivity index (χ2n) is 7.83. The Morgan fingerprint density at radius 2 is 1.71 bits per heavy atom. The molecule has 1 fully saturated rings. The number of ether oxygens (including phenoxy) is 2. The Hall–Kier alpha value is -3.03. The summed E-state index contributed by atoms with van der Waals surface area (Å²) in [5.74, 6) is -0.148. The molecule has 1 saturated heterocycles. The molecule has 2 aromatic carbocycles.